The summed E-state index contributed by atoms with van der Waals surface area (Å²) in [7, 11) is 0. The van der Waals surface area contributed by atoms with Gasteiger partial charge >= 0.3 is 5.97 Å². The molecular weight excluding hydrogens is 194 g/mol. The first-order valence-electron chi connectivity index (χ1n) is 4.69. The number of fused-ring (bicyclic) bond motifs is 1. The van der Waals surface area contributed by atoms with Crippen LogP contribution in [0.25, 0.3) is 5.52 Å². The number of ether oxygens (including phenoxy) is 1. The Hall–Kier alpha value is -1.97. The van der Waals surface area contributed by atoms with Gasteiger partial charge in [-0.25, -0.2) is 4.79 Å². The topological polar surface area (TPSA) is 50.9 Å². The standard InChI is InChI=1S/C11H11NO3/c1-2-15-11(14)10-4-3-8-7-9(13)5-6-12(8)10/h3-7,13H,2H2,1H3. The molecule has 15 heavy (non-hydrogen) atoms. The van der Waals surface area contributed by atoms with Crippen molar-refractivity contribution in [1.29, 1.82) is 0 Å². The van der Waals surface area contributed by atoms with Gasteiger partial charge < -0.3 is 14.2 Å². The summed E-state index contributed by atoms with van der Waals surface area (Å²) in [6.45, 7) is 2.11. The van der Waals surface area contributed by atoms with Crippen molar-refractivity contribution in [3.63, 3.8) is 0 Å². The Kier molecular flexibility index (Phi) is 2.33. The highest BCUT2D eigenvalue weighted by Gasteiger charge is 2.11. The van der Waals surface area contributed by atoms with Crippen LogP contribution in [0.1, 0.15) is 17.4 Å². The molecule has 0 bridgehead atoms. The van der Waals surface area contributed by atoms with Gasteiger partial charge in [-0.15, -0.1) is 0 Å². The molecule has 2 heterocycles. The molecule has 0 unspecified atom stereocenters. The summed E-state index contributed by atoms with van der Waals surface area (Å²) in [6, 6.07) is 6.54. The van der Waals surface area contributed by atoms with Crippen LogP contribution in [0.5, 0.6) is 5.75 Å². The van der Waals surface area contributed by atoms with Crippen molar-refractivity contribution in [3.8, 4) is 5.75 Å². The number of carbonyl (C=O) groups excluding carboxylic acids is 1. The third-order valence-electron chi connectivity index (χ3n) is 2.12. The zero-order valence-electron chi connectivity index (χ0n) is 8.30. The van der Waals surface area contributed by atoms with Crippen molar-refractivity contribution >= 4 is 11.5 Å². The molecule has 0 amide bonds. The number of rotatable bonds is 2. The Balaban J connectivity index is 2.49. The molecule has 0 saturated carbocycles. The summed E-state index contributed by atoms with van der Waals surface area (Å²) in [6.07, 6.45) is 1.64. The molecule has 0 aliphatic rings. The molecule has 2 rings (SSSR count). The van der Waals surface area contributed by atoms with Crippen molar-refractivity contribution in [1.82, 2.24) is 4.40 Å². The van der Waals surface area contributed by atoms with Crippen LogP contribution < -0.4 is 0 Å². The van der Waals surface area contributed by atoms with Crippen LogP contribution in [0, 0.1) is 0 Å². The molecule has 0 saturated heterocycles. The van der Waals surface area contributed by atoms with E-state index in [4.69, 9.17) is 4.74 Å². The molecular formula is C11H11NO3. The van der Waals surface area contributed by atoms with E-state index in [1.165, 1.54) is 6.07 Å². The van der Waals surface area contributed by atoms with Crippen LogP contribution in [-0.4, -0.2) is 22.1 Å². The summed E-state index contributed by atoms with van der Waals surface area (Å²) < 4.78 is 6.58. The van der Waals surface area contributed by atoms with E-state index in [0.29, 0.717) is 12.3 Å². The zero-order valence-corrected chi connectivity index (χ0v) is 8.30. The molecule has 2 aromatic heterocycles. The van der Waals surface area contributed by atoms with Gasteiger partial charge in [-0.1, -0.05) is 0 Å². The fraction of sp³-hybridized carbons (Fsp3) is 0.182. The molecule has 78 valence electrons. The lowest BCUT2D eigenvalue weighted by molar-refractivity contribution is 0.0518. The van der Waals surface area contributed by atoms with Crippen LogP contribution >= 0.6 is 0 Å². The van der Waals surface area contributed by atoms with Crippen LogP contribution in [0.3, 0.4) is 0 Å². The predicted octanol–water partition coefficient (Wildman–Crippen LogP) is 1.82. The second-order valence-corrected chi connectivity index (χ2v) is 3.12. The van der Waals surface area contributed by atoms with Gasteiger partial charge in [-0.2, -0.15) is 0 Å². The van der Waals surface area contributed by atoms with E-state index in [2.05, 4.69) is 0 Å². The van der Waals surface area contributed by atoms with E-state index in [0.717, 1.165) is 5.52 Å². The van der Waals surface area contributed by atoms with E-state index in [-0.39, 0.29) is 11.7 Å². The van der Waals surface area contributed by atoms with Crippen molar-refractivity contribution in [2.45, 2.75) is 6.92 Å². The summed E-state index contributed by atoms with van der Waals surface area (Å²) >= 11 is 0. The number of esters is 1. The van der Waals surface area contributed by atoms with Crippen LogP contribution in [0.4, 0.5) is 0 Å². The van der Waals surface area contributed by atoms with Gasteiger partial charge in [-0.3, -0.25) is 0 Å². The lowest BCUT2D eigenvalue weighted by Gasteiger charge is -2.02. The average molecular weight is 205 g/mol. The fourth-order valence-corrected chi connectivity index (χ4v) is 1.47. The van der Waals surface area contributed by atoms with Crippen molar-refractivity contribution in [2.24, 2.45) is 0 Å². The molecule has 0 aliphatic carbocycles. The van der Waals surface area contributed by atoms with E-state index in [9.17, 15) is 9.90 Å². The predicted molar refractivity (Wildman–Crippen MR) is 55.0 cm³/mol. The monoisotopic (exact) mass is 205 g/mol. The van der Waals surface area contributed by atoms with Gasteiger partial charge in [0.05, 0.1) is 6.61 Å². The number of nitrogens with zero attached hydrogens (tertiary/aromatic N) is 1. The van der Waals surface area contributed by atoms with Gasteiger partial charge in [0, 0.05) is 17.8 Å². The second kappa shape index (κ2) is 3.65. The smallest absolute Gasteiger partial charge is 0.355 e. The first kappa shape index (κ1) is 9.58. The number of aromatic nitrogens is 1. The van der Waals surface area contributed by atoms with Gasteiger partial charge in [0.15, 0.2) is 0 Å². The molecule has 1 N–H and O–H groups in total. The van der Waals surface area contributed by atoms with Crippen LogP contribution in [0.15, 0.2) is 30.5 Å². The Bertz CT molecular complexity index is 502. The van der Waals surface area contributed by atoms with Gasteiger partial charge in [0.1, 0.15) is 11.4 Å². The third kappa shape index (κ3) is 1.66. The van der Waals surface area contributed by atoms with Crippen molar-refractivity contribution < 1.29 is 14.6 Å². The summed E-state index contributed by atoms with van der Waals surface area (Å²) in [5.74, 6) is -0.181. The summed E-state index contributed by atoms with van der Waals surface area (Å²) in [4.78, 5) is 11.5. The minimum atomic E-state index is -0.358. The van der Waals surface area contributed by atoms with Crippen LogP contribution in [-0.2, 0) is 4.74 Å². The number of hydrogen-bond donors (Lipinski definition) is 1. The number of aromatic hydroxyl groups is 1. The molecule has 4 heteroatoms. The minimum absolute atomic E-state index is 0.177. The molecule has 0 radical (unpaired) electrons. The van der Waals surface area contributed by atoms with Gasteiger partial charge in [0.2, 0.25) is 0 Å². The molecule has 4 nitrogen and oxygen atoms in total. The zero-order chi connectivity index (χ0) is 10.8. The number of pyridine rings is 1. The molecule has 0 spiro atoms. The maximum absolute atomic E-state index is 11.5. The molecule has 0 atom stereocenters. The Morgan fingerprint density at radius 1 is 1.47 bits per heavy atom. The highest BCUT2D eigenvalue weighted by atomic mass is 16.5. The maximum Gasteiger partial charge on any atom is 0.355 e. The molecule has 0 fully saturated rings. The van der Waals surface area contributed by atoms with Gasteiger partial charge in [0.25, 0.3) is 0 Å². The summed E-state index contributed by atoms with van der Waals surface area (Å²) in [5.41, 5.74) is 1.23. The first-order valence-corrected chi connectivity index (χ1v) is 4.69. The number of carbonyl (C=O) groups is 1. The minimum Gasteiger partial charge on any atom is -0.508 e. The van der Waals surface area contributed by atoms with Crippen molar-refractivity contribution in [2.75, 3.05) is 6.61 Å². The SMILES string of the molecule is CCOC(=O)c1ccc2cc(O)ccn12. The van der Waals surface area contributed by atoms with E-state index < -0.39 is 0 Å². The Morgan fingerprint density at radius 2 is 2.27 bits per heavy atom. The quantitative estimate of drug-likeness (QED) is 0.761. The highest BCUT2D eigenvalue weighted by Crippen LogP contribution is 2.16. The summed E-state index contributed by atoms with van der Waals surface area (Å²) in [5, 5.41) is 9.25. The van der Waals surface area contributed by atoms with E-state index in [1.807, 2.05) is 0 Å². The second-order valence-electron chi connectivity index (χ2n) is 3.12. The Morgan fingerprint density at radius 3 is 3.00 bits per heavy atom. The van der Waals surface area contributed by atoms with E-state index in [1.54, 1.807) is 35.7 Å². The number of hydrogen-bond acceptors (Lipinski definition) is 3. The lowest BCUT2D eigenvalue weighted by atomic mass is 10.4. The van der Waals surface area contributed by atoms with Crippen molar-refractivity contribution in [3.05, 3.63) is 36.2 Å². The Labute approximate surface area is 86.7 Å². The van der Waals surface area contributed by atoms with Gasteiger partial charge in [-0.05, 0) is 25.1 Å². The van der Waals surface area contributed by atoms with E-state index >= 15 is 0 Å². The molecule has 0 aromatic carbocycles. The third-order valence-corrected chi connectivity index (χ3v) is 2.12. The van der Waals surface area contributed by atoms with Crippen LogP contribution in [0.2, 0.25) is 0 Å². The lowest BCUT2D eigenvalue weighted by Crippen LogP contribution is -2.07. The highest BCUT2D eigenvalue weighted by molar-refractivity contribution is 5.89. The first-order chi connectivity index (χ1) is 7.22. The molecule has 0 aliphatic heterocycles. The average Bonchev–Trinajstić information content (AvgIpc) is 2.60. The fourth-order valence-electron chi connectivity index (χ4n) is 1.47. The normalized spacial score (nSPS) is 10.5. The largest absolute Gasteiger partial charge is 0.508 e. The maximum atomic E-state index is 11.5. The molecule has 2 aromatic rings.